The maximum absolute atomic E-state index is 13.0. The van der Waals surface area contributed by atoms with E-state index in [1.54, 1.807) is 12.1 Å². The first-order valence-electron chi connectivity index (χ1n) is 6.70. The Labute approximate surface area is 114 Å². The minimum atomic E-state index is -0.385. The SMILES string of the molecule is CN1CCN(C(=N)C(C)(C)c2ccc(F)cc2)CC1. The van der Waals surface area contributed by atoms with Gasteiger partial charge in [-0.05, 0) is 38.6 Å². The van der Waals surface area contributed by atoms with E-state index in [1.807, 2.05) is 13.8 Å². The normalized spacial score (nSPS) is 17.6. The van der Waals surface area contributed by atoms with Gasteiger partial charge in [0.05, 0.1) is 0 Å². The molecule has 1 fully saturated rings. The second kappa shape index (κ2) is 5.29. The Morgan fingerprint density at radius 2 is 1.63 bits per heavy atom. The summed E-state index contributed by atoms with van der Waals surface area (Å²) in [5, 5.41) is 8.46. The molecule has 0 unspecified atom stereocenters. The van der Waals surface area contributed by atoms with Crippen LogP contribution in [0, 0.1) is 11.2 Å². The number of hydrogen-bond donors (Lipinski definition) is 1. The number of likely N-dealkylation sites (N-methyl/N-ethyl adjacent to an activating group) is 1. The van der Waals surface area contributed by atoms with Crippen molar-refractivity contribution in [3.63, 3.8) is 0 Å². The van der Waals surface area contributed by atoms with E-state index >= 15 is 0 Å². The van der Waals surface area contributed by atoms with Crippen molar-refractivity contribution >= 4 is 5.84 Å². The topological polar surface area (TPSA) is 30.3 Å². The fourth-order valence-corrected chi connectivity index (χ4v) is 2.43. The van der Waals surface area contributed by atoms with Crippen LogP contribution in [0.1, 0.15) is 19.4 Å². The minimum absolute atomic E-state index is 0.231. The standard InChI is InChI=1S/C15H22FN3/c1-15(2,12-4-6-13(16)7-5-12)14(17)19-10-8-18(3)9-11-19/h4-7,17H,8-11H2,1-3H3. The Bertz CT molecular complexity index is 445. The summed E-state index contributed by atoms with van der Waals surface area (Å²) in [6, 6.07) is 6.49. The monoisotopic (exact) mass is 263 g/mol. The molecule has 0 atom stereocenters. The Morgan fingerprint density at radius 1 is 1.11 bits per heavy atom. The van der Waals surface area contributed by atoms with Gasteiger partial charge in [-0.1, -0.05) is 12.1 Å². The zero-order valence-corrected chi connectivity index (χ0v) is 11.9. The molecule has 0 radical (unpaired) electrons. The van der Waals surface area contributed by atoms with Crippen LogP contribution in [0.25, 0.3) is 0 Å². The summed E-state index contributed by atoms with van der Waals surface area (Å²) in [6.07, 6.45) is 0. The van der Waals surface area contributed by atoms with Gasteiger partial charge >= 0.3 is 0 Å². The number of rotatable bonds is 2. The lowest BCUT2D eigenvalue weighted by Crippen LogP contribution is -2.51. The van der Waals surface area contributed by atoms with E-state index in [4.69, 9.17) is 5.41 Å². The van der Waals surface area contributed by atoms with Crippen LogP contribution in [0.5, 0.6) is 0 Å². The van der Waals surface area contributed by atoms with Gasteiger partial charge in [-0.25, -0.2) is 4.39 Å². The molecule has 4 heteroatoms. The number of hydrogen-bond acceptors (Lipinski definition) is 2. The lowest BCUT2D eigenvalue weighted by atomic mass is 9.82. The number of amidine groups is 1. The van der Waals surface area contributed by atoms with Crippen LogP contribution in [0.3, 0.4) is 0 Å². The summed E-state index contributed by atoms with van der Waals surface area (Å²) in [5.74, 6) is 0.387. The van der Waals surface area contributed by atoms with Gasteiger partial charge in [0.25, 0.3) is 0 Å². The summed E-state index contributed by atoms with van der Waals surface area (Å²) in [6.45, 7) is 7.81. The third-order valence-corrected chi connectivity index (χ3v) is 3.98. The Balaban J connectivity index is 2.14. The van der Waals surface area contributed by atoms with Gasteiger partial charge in [0, 0.05) is 31.6 Å². The van der Waals surface area contributed by atoms with Crippen LogP contribution < -0.4 is 0 Å². The highest BCUT2D eigenvalue weighted by Crippen LogP contribution is 2.26. The fraction of sp³-hybridized carbons (Fsp3) is 0.533. The average Bonchev–Trinajstić information content (AvgIpc) is 2.39. The summed E-state index contributed by atoms with van der Waals surface area (Å²) in [4.78, 5) is 4.40. The summed E-state index contributed by atoms with van der Waals surface area (Å²) in [5.41, 5.74) is 0.599. The highest BCUT2D eigenvalue weighted by Gasteiger charge is 2.31. The van der Waals surface area contributed by atoms with Crippen LogP contribution in [-0.2, 0) is 5.41 Å². The molecule has 19 heavy (non-hydrogen) atoms. The molecule has 0 spiro atoms. The molecule has 1 N–H and O–H groups in total. The van der Waals surface area contributed by atoms with Gasteiger partial charge in [-0.2, -0.15) is 0 Å². The van der Waals surface area contributed by atoms with E-state index in [9.17, 15) is 4.39 Å². The van der Waals surface area contributed by atoms with Crippen LogP contribution in [0.4, 0.5) is 4.39 Å². The highest BCUT2D eigenvalue weighted by molar-refractivity contribution is 5.89. The zero-order valence-electron chi connectivity index (χ0n) is 11.9. The first-order chi connectivity index (χ1) is 8.91. The molecule has 0 aromatic heterocycles. The van der Waals surface area contributed by atoms with Crippen LogP contribution >= 0.6 is 0 Å². The third kappa shape index (κ3) is 2.95. The van der Waals surface area contributed by atoms with Crippen molar-refractivity contribution in [1.82, 2.24) is 9.80 Å². The zero-order chi connectivity index (χ0) is 14.0. The molecule has 0 bridgehead atoms. The predicted molar refractivity (Wildman–Crippen MR) is 76.2 cm³/mol. The first-order valence-corrected chi connectivity index (χ1v) is 6.70. The summed E-state index contributed by atoms with van der Waals surface area (Å²) in [7, 11) is 2.10. The second-order valence-corrected chi connectivity index (χ2v) is 5.77. The predicted octanol–water partition coefficient (Wildman–Crippen LogP) is 2.33. The van der Waals surface area contributed by atoms with Crippen molar-refractivity contribution in [3.8, 4) is 0 Å². The van der Waals surface area contributed by atoms with Crippen molar-refractivity contribution in [3.05, 3.63) is 35.6 Å². The molecule has 1 aromatic carbocycles. The Hall–Kier alpha value is -1.42. The molecule has 104 valence electrons. The lowest BCUT2D eigenvalue weighted by molar-refractivity contribution is 0.207. The molecule has 1 aliphatic heterocycles. The average molecular weight is 263 g/mol. The second-order valence-electron chi connectivity index (χ2n) is 5.77. The molecule has 1 aromatic rings. The molecule has 3 nitrogen and oxygen atoms in total. The van der Waals surface area contributed by atoms with E-state index in [0.29, 0.717) is 5.84 Å². The molecule has 0 amide bonds. The lowest BCUT2D eigenvalue weighted by Gasteiger charge is -2.39. The van der Waals surface area contributed by atoms with Gasteiger partial charge < -0.3 is 9.80 Å². The molecular weight excluding hydrogens is 241 g/mol. The molecule has 1 saturated heterocycles. The molecular formula is C15H22FN3. The van der Waals surface area contributed by atoms with Crippen molar-refractivity contribution in [2.75, 3.05) is 33.2 Å². The third-order valence-electron chi connectivity index (χ3n) is 3.98. The quantitative estimate of drug-likeness (QED) is 0.655. The number of halogens is 1. The minimum Gasteiger partial charge on any atom is -0.357 e. The van der Waals surface area contributed by atoms with Crippen molar-refractivity contribution < 1.29 is 4.39 Å². The van der Waals surface area contributed by atoms with Crippen LogP contribution in [0.15, 0.2) is 24.3 Å². The maximum atomic E-state index is 13.0. The van der Waals surface area contributed by atoms with Crippen LogP contribution in [-0.4, -0.2) is 48.9 Å². The van der Waals surface area contributed by atoms with Gasteiger partial charge in [0.15, 0.2) is 0 Å². The van der Waals surface area contributed by atoms with Gasteiger partial charge in [-0.3, -0.25) is 5.41 Å². The smallest absolute Gasteiger partial charge is 0.123 e. The molecule has 0 aliphatic carbocycles. The first kappa shape index (κ1) is 14.0. The number of benzene rings is 1. The van der Waals surface area contributed by atoms with Crippen molar-refractivity contribution in [2.24, 2.45) is 0 Å². The van der Waals surface area contributed by atoms with Gasteiger partial charge in [0.2, 0.25) is 0 Å². The molecule has 1 aliphatic rings. The summed E-state index contributed by atoms with van der Waals surface area (Å²) >= 11 is 0. The fourth-order valence-electron chi connectivity index (χ4n) is 2.43. The van der Waals surface area contributed by atoms with E-state index in [-0.39, 0.29) is 11.2 Å². The van der Waals surface area contributed by atoms with Gasteiger partial charge in [0.1, 0.15) is 11.7 Å². The number of piperazine rings is 1. The Morgan fingerprint density at radius 3 is 2.16 bits per heavy atom. The molecule has 2 rings (SSSR count). The number of nitrogens with one attached hydrogen (secondary N) is 1. The maximum Gasteiger partial charge on any atom is 0.123 e. The van der Waals surface area contributed by atoms with Crippen molar-refractivity contribution in [2.45, 2.75) is 19.3 Å². The molecule has 1 heterocycles. The highest BCUT2D eigenvalue weighted by atomic mass is 19.1. The van der Waals surface area contributed by atoms with Crippen molar-refractivity contribution in [1.29, 1.82) is 5.41 Å². The summed E-state index contributed by atoms with van der Waals surface area (Å²) < 4.78 is 13.0. The van der Waals surface area contributed by atoms with Crippen LogP contribution in [0.2, 0.25) is 0 Å². The van der Waals surface area contributed by atoms with E-state index in [2.05, 4.69) is 16.8 Å². The Kier molecular flexibility index (Phi) is 3.90. The largest absolute Gasteiger partial charge is 0.357 e. The van der Waals surface area contributed by atoms with E-state index in [1.165, 1.54) is 12.1 Å². The van der Waals surface area contributed by atoms with E-state index < -0.39 is 0 Å². The van der Waals surface area contributed by atoms with E-state index in [0.717, 1.165) is 31.7 Å². The molecule has 0 saturated carbocycles. The number of nitrogens with zero attached hydrogens (tertiary/aromatic N) is 2. The van der Waals surface area contributed by atoms with Gasteiger partial charge in [-0.15, -0.1) is 0 Å².